The number of aromatic nitrogens is 1. The number of hydrogen-bond donors (Lipinski definition) is 1. The number of nitrogens with zero attached hydrogens (tertiary/aromatic N) is 2. The van der Waals surface area contributed by atoms with Crippen LogP contribution in [0, 0.1) is 0 Å². The molecule has 1 aromatic carbocycles. The molecule has 0 saturated heterocycles. The van der Waals surface area contributed by atoms with Crippen LogP contribution < -0.4 is 9.52 Å². The van der Waals surface area contributed by atoms with E-state index in [4.69, 9.17) is 0 Å². The van der Waals surface area contributed by atoms with Gasteiger partial charge in [-0.2, -0.15) is 4.99 Å². The summed E-state index contributed by atoms with van der Waals surface area (Å²) in [6, 6.07) is 5.75. The highest BCUT2D eigenvalue weighted by Crippen LogP contribution is 2.11. The lowest BCUT2D eigenvalue weighted by atomic mass is 10.2. The number of aryl methyl sites for hydroxylation is 1. The molecule has 128 valence electrons. The molecule has 1 aromatic heterocycles. The molecule has 0 unspecified atom stereocenters. The van der Waals surface area contributed by atoms with Gasteiger partial charge in [0.15, 0.2) is 10.6 Å². The molecule has 0 radical (unpaired) electrons. The number of ketones is 1. The number of amides is 1. The summed E-state index contributed by atoms with van der Waals surface area (Å²) in [7, 11) is -2.01. The number of rotatable bonds is 6. The van der Waals surface area contributed by atoms with E-state index in [9.17, 15) is 18.0 Å². The Morgan fingerprint density at radius 1 is 1.33 bits per heavy atom. The standard InChI is InChI=1S/C15H17N3O4S2/c1-11(19)12-4-3-5-13(10-12)24(21,22)16-7-6-14(20)17-15-18(2)8-9-23-15/h3-5,8-10,16H,6-7H2,1-2H3. The van der Waals surface area contributed by atoms with Gasteiger partial charge in [-0.1, -0.05) is 12.1 Å². The minimum Gasteiger partial charge on any atom is -0.327 e. The highest BCUT2D eigenvalue weighted by atomic mass is 32.2. The highest BCUT2D eigenvalue weighted by Gasteiger charge is 2.15. The summed E-state index contributed by atoms with van der Waals surface area (Å²) in [5, 5.41) is 1.80. The van der Waals surface area contributed by atoms with Crippen molar-refractivity contribution >= 4 is 33.1 Å². The minimum atomic E-state index is -3.78. The summed E-state index contributed by atoms with van der Waals surface area (Å²) >= 11 is 1.32. The number of thiazole rings is 1. The van der Waals surface area contributed by atoms with E-state index in [1.54, 1.807) is 29.3 Å². The molecule has 0 saturated carbocycles. The number of sulfonamides is 1. The Bertz CT molecular complexity index is 926. The SMILES string of the molecule is CC(=O)c1cccc(S(=O)(=O)NCCC(=O)N=c2sccn2C)c1. The zero-order valence-corrected chi connectivity index (χ0v) is 14.9. The predicted molar refractivity (Wildman–Crippen MR) is 90.1 cm³/mol. The second-order valence-corrected chi connectivity index (χ2v) is 7.67. The molecule has 0 aliphatic carbocycles. The van der Waals surface area contributed by atoms with Crippen LogP contribution in [0.4, 0.5) is 0 Å². The molecule has 0 bridgehead atoms. The van der Waals surface area contributed by atoms with Crippen LogP contribution in [0.1, 0.15) is 23.7 Å². The average molecular weight is 367 g/mol. The third-order valence-electron chi connectivity index (χ3n) is 3.16. The van der Waals surface area contributed by atoms with Crippen LogP contribution in [0.5, 0.6) is 0 Å². The van der Waals surface area contributed by atoms with Gasteiger partial charge in [-0.15, -0.1) is 11.3 Å². The van der Waals surface area contributed by atoms with Crippen LogP contribution in [-0.2, 0) is 21.9 Å². The molecule has 9 heteroatoms. The van der Waals surface area contributed by atoms with E-state index in [2.05, 4.69) is 9.71 Å². The fourth-order valence-corrected chi connectivity index (χ4v) is 3.68. The molecule has 2 aromatic rings. The second kappa shape index (κ2) is 7.65. The van der Waals surface area contributed by atoms with Crippen LogP contribution in [0.2, 0.25) is 0 Å². The lowest BCUT2D eigenvalue weighted by molar-refractivity contribution is -0.117. The lowest BCUT2D eigenvalue weighted by Gasteiger charge is -2.06. The first kappa shape index (κ1) is 18.2. The van der Waals surface area contributed by atoms with Gasteiger partial charge in [0.1, 0.15) is 0 Å². The number of carbonyl (C=O) groups excluding carboxylic acids is 2. The van der Waals surface area contributed by atoms with Crippen molar-refractivity contribution in [3.8, 4) is 0 Å². The molecule has 0 fully saturated rings. The van der Waals surface area contributed by atoms with Crippen molar-refractivity contribution in [2.45, 2.75) is 18.2 Å². The Labute approximate surface area is 143 Å². The molecule has 7 nitrogen and oxygen atoms in total. The van der Waals surface area contributed by atoms with Gasteiger partial charge in [0.2, 0.25) is 15.9 Å². The molecule has 0 aliphatic rings. The minimum absolute atomic E-state index is 0.00996. The van der Waals surface area contributed by atoms with Crippen molar-refractivity contribution in [2.75, 3.05) is 6.54 Å². The van der Waals surface area contributed by atoms with E-state index < -0.39 is 15.9 Å². The van der Waals surface area contributed by atoms with E-state index in [1.807, 2.05) is 0 Å². The van der Waals surface area contributed by atoms with E-state index in [0.29, 0.717) is 10.4 Å². The topological polar surface area (TPSA) is 97.6 Å². The molecule has 0 atom stereocenters. The van der Waals surface area contributed by atoms with Crippen molar-refractivity contribution in [3.63, 3.8) is 0 Å². The van der Waals surface area contributed by atoms with Gasteiger partial charge in [0.25, 0.3) is 0 Å². The van der Waals surface area contributed by atoms with Crippen molar-refractivity contribution in [3.05, 3.63) is 46.2 Å². The van der Waals surface area contributed by atoms with Gasteiger partial charge >= 0.3 is 0 Å². The smallest absolute Gasteiger partial charge is 0.249 e. The largest absolute Gasteiger partial charge is 0.327 e. The second-order valence-electron chi connectivity index (χ2n) is 5.03. The summed E-state index contributed by atoms with van der Waals surface area (Å²) in [6.45, 7) is 1.30. The van der Waals surface area contributed by atoms with Gasteiger partial charge in [0.05, 0.1) is 4.90 Å². The highest BCUT2D eigenvalue weighted by molar-refractivity contribution is 7.89. The van der Waals surface area contributed by atoms with Crippen molar-refractivity contribution < 1.29 is 18.0 Å². The molecular weight excluding hydrogens is 350 g/mol. The van der Waals surface area contributed by atoms with E-state index in [1.165, 1.54) is 36.5 Å². The number of benzene rings is 1. The number of hydrogen-bond acceptors (Lipinski definition) is 5. The lowest BCUT2D eigenvalue weighted by Crippen LogP contribution is -2.26. The van der Waals surface area contributed by atoms with Crippen LogP contribution >= 0.6 is 11.3 Å². The van der Waals surface area contributed by atoms with Gasteiger partial charge in [-0.05, 0) is 19.1 Å². The Balaban J connectivity index is 2.01. The fraction of sp³-hybridized carbons (Fsp3) is 0.267. The Morgan fingerprint density at radius 2 is 2.08 bits per heavy atom. The molecule has 0 aliphatic heterocycles. The van der Waals surface area contributed by atoms with Crippen molar-refractivity contribution in [1.82, 2.24) is 9.29 Å². The molecular formula is C15H17N3O4S2. The average Bonchev–Trinajstić information content (AvgIpc) is 2.92. The van der Waals surface area contributed by atoms with Gasteiger partial charge in [0, 0.05) is 37.2 Å². The molecule has 1 heterocycles. The van der Waals surface area contributed by atoms with Gasteiger partial charge in [-0.25, -0.2) is 13.1 Å². The summed E-state index contributed by atoms with van der Waals surface area (Å²) < 4.78 is 28.4. The molecule has 1 amide bonds. The van der Waals surface area contributed by atoms with Gasteiger partial charge in [-0.3, -0.25) is 9.59 Å². The van der Waals surface area contributed by atoms with E-state index in [-0.39, 0.29) is 23.6 Å². The molecule has 2 rings (SSSR count). The Morgan fingerprint density at radius 3 is 2.71 bits per heavy atom. The third kappa shape index (κ3) is 4.70. The van der Waals surface area contributed by atoms with Crippen LogP contribution in [0.3, 0.4) is 0 Å². The quantitative estimate of drug-likeness (QED) is 0.773. The first-order valence-corrected chi connectivity index (χ1v) is 9.44. The summed E-state index contributed by atoms with van der Waals surface area (Å²) in [6.07, 6.45) is 1.73. The molecule has 1 N–H and O–H groups in total. The zero-order chi connectivity index (χ0) is 17.7. The van der Waals surface area contributed by atoms with Crippen molar-refractivity contribution in [1.29, 1.82) is 0 Å². The third-order valence-corrected chi connectivity index (χ3v) is 5.47. The van der Waals surface area contributed by atoms with E-state index in [0.717, 1.165) is 0 Å². The van der Waals surface area contributed by atoms with Crippen LogP contribution in [0.15, 0.2) is 45.7 Å². The normalized spacial score (nSPS) is 12.3. The van der Waals surface area contributed by atoms with E-state index >= 15 is 0 Å². The summed E-state index contributed by atoms with van der Waals surface area (Å²) in [4.78, 5) is 27.6. The number of Topliss-reactive ketones (excluding diaryl/α,β-unsaturated/α-hetero) is 1. The molecule has 0 spiro atoms. The Kier molecular flexibility index (Phi) is 5.81. The number of carbonyl (C=O) groups is 2. The first-order valence-electron chi connectivity index (χ1n) is 7.08. The fourth-order valence-electron chi connectivity index (χ4n) is 1.86. The maximum absolute atomic E-state index is 12.2. The summed E-state index contributed by atoms with van der Waals surface area (Å²) in [5.41, 5.74) is 0.314. The first-order chi connectivity index (χ1) is 11.3. The maximum atomic E-state index is 12.2. The monoisotopic (exact) mass is 367 g/mol. The van der Waals surface area contributed by atoms with Gasteiger partial charge < -0.3 is 4.57 Å². The predicted octanol–water partition coefficient (Wildman–Crippen LogP) is 1.09. The van der Waals surface area contributed by atoms with Crippen LogP contribution in [0.25, 0.3) is 0 Å². The zero-order valence-electron chi connectivity index (χ0n) is 13.2. The van der Waals surface area contributed by atoms with Crippen molar-refractivity contribution in [2.24, 2.45) is 12.0 Å². The maximum Gasteiger partial charge on any atom is 0.249 e. The summed E-state index contributed by atoms with van der Waals surface area (Å²) in [5.74, 6) is -0.627. The number of nitrogens with one attached hydrogen (secondary N) is 1. The molecule has 24 heavy (non-hydrogen) atoms. The van der Waals surface area contributed by atoms with Crippen LogP contribution in [-0.4, -0.2) is 31.2 Å². The Hall–Kier alpha value is -2.10.